The lowest BCUT2D eigenvalue weighted by atomic mass is 10.2. The number of hydrogen-bond donors (Lipinski definition) is 2. The summed E-state index contributed by atoms with van der Waals surface area (Å²) in [6.45, 7) is 1.35. The molecular formula is C17H19FN2O5S. The lowest BCUT2D eigenvalue weighted by Gasteiger charge is -2.15. The molecule has 2 rings (SSSR count). The number of benzene rings is 2. The van der Waals surface area contributed by atoms with Crippen molar-refractivity contribution in [1.82, 2.24) is 4.72 Å². The Morgan fingerprint density at radius 3 is 2.19 bits per heavy atom. The number of nitrogens with one attached hydrogen (secondary N) is 2. The molecule has 0 aromatic heterocycles. The van der Waals surface area contributed by atoms with Gasteiger partial charge in [-0.25, -0.2) is 12.8 Å². The van der Waals surface area contributed by atoms with Crippen LogP contribution in [0.25, 0.3) is 0 Å². The number of rotatable bonds is 7. The molecular weight excluding hydrogens is 363 g/mol. The van der Waals surface area contributed by atoms with Gasteiger partial charge in [-0.1, -0.05) is 12.1 Å². The smallest absolute Gasteiger partial charge is 0.244 e. The third-order valence-electron chi connectivity index (χ3n) is 3.47. The van der Waals surface area contributed by atoms with Crippen LogP contribution in [0.15, 0.2) is 47.4 Å². The first-order valence-electron chi connectivity index (χ1n) is 7.57. The molecule has 0 spiro atoms. The predicted octanol–water partition coefficient (Wildman–Crippen LogP) is 2.15. The third-order valence-corrected chi connectivity index (χ3v) is 5.04. The highest BCUT2D eigenvalue weighted by Gasteiger charge is 2.24. The van der Waals surface area contributed by atoms with E-state index in [9.17, 15) is 17.6 Å². The van der Waals surface area contributed by atoms with Gasteiger partial charge in [0.25, 0.3) is 0 Å². The van der Waals surface area contributed by atoms with E-state index in [-0.39, 0.29) is 0 Å². The fraction of sp³-hybridized carbons (Fsp3) is 0.235. The van der Waals surface area contributed by atoms with Gasteiger partial charge in [-0.05, 0) is 19.1 Å². The number of hydrogen-bond acceptors (Lipinski definition) is 5. The summed E-state index contributed by atoms with van der Waals surface area (Å²) >= 11 is 0. The first-order chi connectivity index (χ1) is 12.3. The van der Waals surface area contributed by atoms with Crippen molar-refractivity contribution in [3.63, 3.8) is 0 Å². The highest BCUT2D eigenvalue weighted by Crippen LogP contribution is 2.26. The molecule has 0 heterocycles. The molecule has 9 heteroatoms. The van der Waals surface area contributed by atoms with Crippen LogP contribution in [0, 0.1) is 5.82 Å². The minimum atomic E-state index is -4.19. The number of ether oxygens (including phenoxy) is 2. The van der Waals surface area contributed by atoms with Gasteiger partial charge >= 0.3 is 0 Å². The quantitative estimate of drug-likeness (QED) is 0.765. The Bertz CT molecular complexity index is 880. The van der Waals surface area contributed by atoms with Crippen molar-refractivity contribution < 1.29 is 27.1 Å². The van der Waals surface area contributed by atoms with Crippen molar-refractivity contribution in [2.24, 2.45) is 0 Å². The van der Waals surface area contributed by atoms with Gasteiger partial charge in [-0.2, -0.15) is 4.72 Å². The van der Waals surface area contributed by atoms with Crippen LogP contribution < -0.4 is 19.5 Å². The minimum Gasteiger partial charge on any atom is -0.497 e. The van der Waals surface area contributed by atoms with Gasteiger partial charge in [0.1, 0.15) is 22.2 Å². The molecule has 2 aromatic rings. The van der Waals surface area contributed by atoms with E-state index in [1.54, 1.807) is 18.2 Å². The molecule has 0 radical (unpaired) electrons. The van der Waals surface area contributed by atoms with Crippen LogP contribution in [0.5, 0.6) is 11.5 Å². The molecule has 0 unspecified atom stereocenters. The number of carbonyl (C=O) groups excluding carboxylic acids is 1. The van der Waals surface area contributed by atoms with Crippen molar-refractivity contribution >= 4 is 21.6 Å². The van der Waals surface area contributed by atoms with E-state index in [1.165, 1.54) is 33.3 Å². The van der Waals surface area contributed by atoms with E-state index in [0.29, 0.717) is 17.2 Å². The second-order valence-corrected chi connectivity index (χ2v) is 7.05. The molecule has 2 N–H and O–H groups in total. The van der Waals surface area contributed by atoms with Crippen LogP contribution >= 0.6 is 0 Å². The zero-order chi connectivity index (χ0) is 19.3. The van der Waals surface area contributed by atoms with Gasteiger partial charge in [0.15, 0.2) is 0 Å². The average molecular weight is 382 g/mol. The predicted molar refractivity (Wildman–Crippen MR) is 94.4 cm³/mol. The number of amides is 1. The molecule has 140 valence electrons. The van der Waals surface area contributed by atoms with Crippen LogP contribution in [0.4, 0.5) is 10.1 Å². The highest BCUT2D eigenvalue weighted by atomic mass is 32.2. The summed E-state index contributed by atoms with van der Waals surface area (Å²) in [6, 6.07) is 8.51. The van der Waals surface area contributed by atoms with Crippen molar-refractivity contribution in [2.75, 3.05) is 19.5 Å². The summed E-state index contributed by atoms with van der Waals surface area (Å²) in [6.07, 6.45) is 0. The van der Waals surface area contributed by atoms with E-state index in [1.807, 2.05) is 0 Å². The van der Waals surface area contributed by atoms with Gasteiger partial charge < -0.3 is 14.8 Å². The number of carbonyl (C=O) groups is 1. The summed E-state index contributed by atoms with van der Waals surface area (Å²) in [7, 11) is -1.26. The van der Waals surface area contributed by atoms with E-state index in [2.05, 4.69) is 10.0 Å². The van der Waals surface area contributed by atoms with E-state index in [4.69, 9.17) is 9.47 Å². The monoisotopic (exact) mass is 382 g/mol. The molecule has 0 fully saturated rings. The molecule has 0 aliphatic rings. The Kier molecular flexibility index (Phi) is 6.17. The fourth-order valence-electron chi connectivity index (χ4n) is 2.14. The van der Waals surface area contributed by atoms with Crippen LogP contribution in [-0.2, 0) is 14.8 Å². The normalized spacial score (nSPS) is 12.3. The summed E-state index contributed by atoms with van der Waals surface area (Å²) in [5.41, 5.74) is 0.364. The van der Waals surface area contributed by atoms with Crippen molar-refractivity contribution in [3.05, 3.63) is 48.3 Å². The van der Waals surface area contributed by atoms with E-state index >= 15 is 0 Å². The molecule has 7 nitrogen and oxygen atoms in total. The Morgan fingerprint density at radius 1 is 1.08 bits per heavy atom. The van der Waals surface area contributed by atoms with Gasteiger partial charge in [-0.3, -0.25) is 4.79 Å². The van der Waals surface area contributed by atoms with Crippen molar-refractivity contribution in [3.8, 4) is 11.5 Å². The lowest BCUT2D eigenvalue weighted by molar-refractivity contribution is -0.117. The number of halogens is 1. The minimum absolute atomic E-state index is 0.364. The Balaban J connectivity index is 2.14. The summed E-state index contributed by atoms with van der Waals surface area (Å²) in [4.78, 5) is 11.8. The topological polar surface area (TPSA) is 93.7 Å². The molecule has 26 heavy (non-hydrogen) atoms. The van der Waals surface area contributed by atoms with Crippen LogP contribution in [-0.4, -0.2) is 34.6 Å². The average Bonchev–Trinajstić information content (AvgIpc) is 2.61. The van der Waals surface area contributed by atoms with Crippen molar-refractivity contribution in [2.45, 2.75) is 17.9 Å². The first kappa shape index (κ1) is 19.7. The molecule has 0 bridgehead atoms. The maximum atomic E-state index is 13.7. The zero-order valence-corrected chi connectivity index (χ0v) is 15.3. The van der Waals surface area contributed by atoms with Crippen LogP contribution in [0.3, 0.4) is 0 Å². The zero-order valence-electron chi connectivity index (χ0n) is 14.4. The number of methoxy groups -OCH3 is 2. The van der Waals surface area contributed by atoms with Gasteiger partial charge in [0, 0.05) is 23.9 Å². The molecule has 0 aliphatic heterocycles. The number of anilines is 1. The third kappa shape index (κ3) is 4.70. The maximum Gasteiger partial charge on any atom is 0.244 e. The maximum absolute atomic E-state index is 13.7. The van der Waals surface area contributed by atoms with E-state index in [0.717, 1.165) is 12.1 Å². The van der Waals surface area contributed by atoms with Gasteiger partial charge in [0.2, 0.25) is 15.9 Å². The summed E-state index contributed by atoms with van der Waals surface area (Å²) < 4.78 is 50.6. The molecule has 0 saturated carbocycles. The van der Waals surface area contributed by atoms with Crippen molar-refractivity contribution in [1.29, 1.82) is 0 Å². The SMILES string of the molecule is COc1cc(NC(=O)[C@H](C)NS(=O)(=O)c2ccccc2F)cc(OC)c1. The molecule has 2 aromatic carbocycles. The molecule has 0 saturated heterocycles. The standard InChI is InChI=1S/C17H19FN2O5S/c1-11(20-26(22,23)16-7-5-4-6-15(16)18)17(21)19-12-8-13(24-2)10-14(9-12)25-3/h4-11,20H,1-3H3,(H,19,21)/t11-/m0/s1. The summed E-state index contributed by atoms with van der Waals surface area (Å²) in [5, 5.41) is 2.56. The first-order valence-corrected chi connectivity index (χ1v) is 9.06. The lowest BCUT2D eigenvalue weighted by Crippen LogP contribution is -2.41. The van der Waals surface area contributed by atoms with E-state index < -0.39 is 32.7 Å². The molecule has 0 aliphatic carbocycles. The summed E-state index contributed by atoms with van der Waals surface area (Å²) in [5.74, 6) is -0.608. The van der Waals surface area contributed by atoms with Crippen LogP contribution in [0.2, 0.25) is 0 Å². The van der Waals surface area contributed by atoms with Crippen LogP contribution in [0.1, 0.15) is 6.92 Å². The molecule has 1 amide bonds. The highest BCUT2D eigenvalue weighted by molar-refractivity contribution is 7.89. The second kappa shape index (κ2) is 8.15. The Morgan fingerprint density at radius 2 is 1.65 bits per heavy atom. The number of sulfonamides is 1. The largest absolute Gasteiger partial charge is 0.497 e. The van der Waals surface area contributed by atoms with Gasteiger partial charge in [0.05, 0.1) is 20.3 Å². The Labute approximate surface area is 151 Å². The molecule has 1 atom stereocenters. The Hall–Kier alpha value is -2.65. The fourth-order valence-corrected chi connectivity index (χ4v) is 3.42. The van der Waals surface area contributed by atoms with Gasteiger partial charge in [-0.15, -0.1) is 0 Å². The second-order valence-electron chi connectivity index (χ2n) is 5.36.